The third kappa shape index (κ3) is 3.81. The fourth-order valence-electron chi connectivity index (χ4n) is 2.16. The molecular weight excluding hydrogens is 248 g/mol. The minimum absolute atomic E-state index is 0.337. The Morgan fingerprint density at radius 1 is 1.15 bits per heavy atom. The molecule has 0 radical (unpaired) electrons. The van der Waals surface area contributed by atoms with Crippen molar-refractivity contribution in [3.63, 3.8) is 0 Å². The van der Waals surface area contributed by atoms with Crippen LogP contribution in [-0.4, -0.2) is 12.1 Å². The first-order valence-corrected chi connectivity index (χ1v) is 7.01. The van der Waals surface area contributed by atoms with Crippen molar-refractivity contribution in [2.24, 2.45) is 0 Å². The molecule has 3 heteroatoms. The van der Waals surface area contributed by atoms with Gasteiger partial charge in [0.05, 0.1) is 12.8 Å². The number of rotatable bonds is 6. The molecule has 0 amide bonds. The van der Waals surface area contributed by atoms with Gasteiger partial charge in [-0.15, -0.1) is 0 Å². The number of hydrogen-bond donors (Lipinski definition) is 1. The highest BCUT2D eigenvalue weighted by molar-refractivity contribution is 5.29. The Morgan fingerprint density at radius 3 is 2.45 bits per heavy atom. The van der Waals surface area contributed by atoms with Crippen LogP contribution in [0.5, 0.6) is 5.75 Å². The molecule has 0 saturated heterocycles. The Kier molecular flexibility index (Phi) is 5.13. The van der Waals surface area contributed by atoms with E-state index >= 15 is 0 Å². The number of pyridine rings is 1. The maximum atomic E-state index is 5.19. The summed E-state index contributed by atoms with van der Waals surface area (Å²) in [6.45, 7) is 5.02. The second-order valence-corrected chi connectivity index (χ2v) is 4.94. The molecule has 1 aromatic carbocycles. The maximum absolute atomic E-state index is 5.19. The van der Waals surface area contributed by atoms with Crippen LogP contribution >= 0.6 is 0 Å². The molecule has 1 atom stereocenters. The summed E-state index contributed by atoms with van der Waals surface area (Å²) in [5.41, 5.74) is 3.54. The lowest BCUT2D eigenvalue weighted by Gasteiger charge is -2.17. The SMILES string of the molecule is CCC(NCc1ccc(C)cn1)c1ccc(OC)cc1. The van der Waals surface area contributed by atoms with E-state index in [1.807, 2.05) is 18.3 Å². The van der Waals surface area contributed by atoms with Crippen molar-refractivity contribution in [3.8, 4) is 5.75 Å². The van der Waals surface area contributed by atoms with Crippen LogP contribution in [-0.2, 0) is 6.54 Å². The highest BCUT2D eigenvalue weighted by Crippen LogP contribution is 2.20. The van der Waals surface area contributed by atoms with Crippen LogP contribution in [0.25, 0.3) is 0 Å². The fourth-order valence-corrected chi connectivity index (χ4v) is 2.16. The zero-order valence-electron chi connectivity index (χ0n) is 12.4. The molecule has 1 heterocycles. The summed E-state index contributed by atoms with van der Waals surface area (Å²) in [7, 11) is 1.69. The second kappa shape index (κ2) is 7.06. The summed E-state index contributed by atoms with van der Waals surface area (Å²) in [6, 6.07) is 12.7. The minimum atomic E-state index is 0.337. The first-order chi connectivity index (χ1) is 9.72. The Bertz CT molecular complexity index is 520. The molecule has 0 spiro atoms. The molecule has 2 rings (SSSR count). The van der Waals surface area contributed by atoms with Crippen LogP contribution in [0.15, 0.2) is 42.6 Å². The van der Waals surface area contributed by atoms with Gasteiger partial charge in [0, 0.05) is 18.8 Å². The van der Waals surface area contributed by atoms with E-state index in [2.05, 4.69) is 48.4 Å². The van der Waals surface area contributed by atoms with Crippen LogP contribution < -0.4 is 10.1 Å². The molecule has 20 heavy (non-hydrogen) atoms. The first kappa shape index (κ1) is 14.5. The molecule has 1 aromatic heterocycles. The minimum Gasteiger partial charge on any atom is -0.497 e. The topological polar surface area (TPSA) is 34.2 Å². The first-order valence-electron chi connectivity index (χ1n) is 7.01. The number of benzene rings is 1. The third-order valence-electron chi connectivity index (χ3n) is 3.43. The van der Waals surface area contributed by atoms with Gasteiger partial charge in [0.15, 0.2) is 0 Å². The summed E-state index contributed by atoms with van der Waals surface area (Å²) >= 11 is 0. The number of hydrogen-bond acceptors (Lipinski definition) is 3. The lowest BCUT2D eigenvalue weighted by atomic mass is 10.0. The molecule has 106 valence electrons. The van der Waals surface area contributed by atoms with Crippen LogP contribution in [0, 0.1) is 6.92 Å². The van der Waals surface area contributed by atoms with E-state index in [1.54, 1.807) is 7.11 Å². The van der Waals surface area contributed by atoms with Crippen molar-refractivity contribution in [2.45, 2.75) is 32.9 Å². The van der Waals surface area contributed by atoms with Crippen molar-refractivity contribution >= 4 is 0 Å². The van der Waals surface area contributed by atoms with E-state index in [0.29, 0.717) is 6.04 Å². The van der Waals surface area contributed by atoms with Crippen molar-refractivity contribution in [1.29, 1.82) is 0 Å². The molecule has 0 fully saturated rings. The summed E-state index contributed by atoms with van der Waals surface area (Å²) in [6.07, 6.45) is 2.95. The largest absolute Gasteiger partial charge is 0.497 e. The molecule has 1 unspecified atom stereocenters. The van der Waals surface area contributed by atoms with Crippen molar-refractivity contribution in [1.82, 2.24) is 10.3 Å². The van der Waals surface area contributed by atoms with Crippen LogP contribution in [0.2, 0.25) is 0 Å². The summed E-state index contributed by atoms with van der Waals surface area (Å²) in [5, 5.41) is 3.56. The van der Waals surface area contributed by atoms with E-state index < -0.39 is 0 Å². The highest BCUT2D eigenvalue weighted by Gasteiger charge is 2.09. The highest BCUT2D eigenvalue weighted by atomic mass is 16.5. The molecule has 0 aliphatic heterocycles. The number of aryl methyl sites for hydroxylation is 1. The van der Waals surface area contributed by atoms with E-state index in [4.69, 9.17) is 4.74 Å². The van der Waals surface area contributed by atoms with Crippen molar-refractivity contribution in [3.05, 3.63) is 59.4 Å². The molecule has 0 bridgehead atoms. The van der Waals surface area contributed by atoms with E-state index in [-0.39, 0.29) is 0 Å². The van der Waals surface area contributed by atoms with Gasteiger partial charge in [-0.1, -0.05) is 25.1 Å². The van der Waals surface area contributed by atoms with Crippen LogP contribution in [0.3, 0.4) is 0 Å². The van der Waals surface area contributed by atoms with Gasteiger partial charge in [0.25, 0.3) is 0 Å². The van der Waals surface area contributed by atoms with Gasteiger partial charge >= 0.3 is 0 Å². The van der Waals surface area contributed by atoms with Gasteiger partial charge in [-0.25, -0.2) is 0 Å². The summed E-state index contributed by atoms with van der Waals surface area (Å²) in [4.78, 5) is 4.42. The Labute approximate surface area is 121 Å². The number of methoxy groups -OCH3 is 1. The number of aromatic nitrogens is 1. The summed E-state index contributed by atoms with van der Waals surface area (Å²) in [5.74, 6) is 0.892. The van der Waals surface area contributed by atoms with E-state index in [9.17, 15) is 0 Å². The molecule has 0 aliphatic rings. The van der Waals surface area contributed by atoms with Crippen LogP contribution in [0.1, 0.15) is 36.2 Å². The van der Waals surface area contributed by atoms with Gasteiger partial charge in [0.1, 0.15) is 5.75 Å². The lowest BCUT2D eigenvalue weighted by molar-refractivity contribution is 0.414. The van der Waals surface area contributed by atoms with E-state index in [0.717, 1.165) is 24.4 Å². The van der Waals surface area contributed by atoms with Gasteiger partial charge in [-0.2, -0.15) is 0 Å². The molecule has 1 N–H and O–H groups in total. The standard InChI is InChI=1S/C17H22N2O/c1-4-17(14-6-9-16(20-3)10-7-14)19-12-15-8-5-13(2)11-18-15/h5-11,17,19H,4,12H2,1-3H3. The van der Waals surface area contributed by atoms with Gasteiger partial charge in [-0.3, -0.25) is 4.98 Å². The zero-order valence-corrected chi connectivity index (χ0v) is 12.4. The smallest absolute Gasteiger partial charge is 0.118 e. The Morgan fingerprint density at radius 2 is 1.90 bits per heavy atom. The second-order valence-electron chi connectivity index (χ2n) is 4.94. The number of nitrogens with one attached hydrogen (secondary N) is 1. The lowest BCUT2D eigenvalue weighted by Crippen LogP contribution is -2.20. The van der Waals surface area contributed by atoms with Gasteiger partial charge in [0.2, 0.25) is 0 Å². The molecule has 0 saturated carbocycles. The average Bonchev–Trinajstić information content (AvgIpc) is 2.50. The Hall–Kier alpha value is -1.87. The zero-order chi connectivity index (χ0) is 14.4. The summed E-state index contributed by atoms with van der Waals surface area (Å²) < 4.78 is 5.19. The normalized spacial score (nSPS) is 12.2. The average molecular weight is 270 g/mol. The Balaban J connectivity index is 1.99. The van der Waals surface area contributed by atoms with Crippen molar-refractivity contribution in [2.75, 3.05) is 7.11 Å². The molecule has 2 aromatic rings. The molecule has 0 aliphatic carbocycles. The molecular formula is C17H22N2O. The van der Waals surface area contributed by atoms with Crippen LogP contribution in [0.4, 0.5) is 0 Å². The number of ether oxygens (including phenoxy) is 1. The van der Waals surface area contributed by atoms with E-state index in [1.165, 1.54) is 11.1 Å². The fraction of sp³-hybridized carbons (Fsp3) is 0.353. The predicted molar refractivity (Wildman–Crippen MR) is 81.8 cm³/mol. The van der Waals surface area contributed by atoms with Crippen molar-refractivity contribution < 1.29 is 4.74 Å². The number of nitrogens with zero attached hydrogens (tertiary/aromatic N) is 1. The predicted octanol–water partition coefficient (Wildman–Crippen LogP) is 3.64. The van der Waals surface area contributed by atoms with Gasteiger partial charge < -0.3 is 10.1 Å². The molecule has 3 nitrogen and oxygen atoms in total. The quantitative estimate of drug-likeness (QED) is 0.870. The monoisotopic (exact) mass is 270 g/mol. The van der Waals surface area contributed by atoms with Gasteiger partial charge in [-0.05, 0) is 42.7 Å². The maximum Gasteiger partial charge on any atom is 0.118 e. The third-order valence-corrected chi connectivity index (χ3v) is 3.43.